The topological polar surface area (TPSA) is 73.9 Å². The normalized spacial score (nSPS) is 34.1. The SMILES string of the molecule is N#CC1(C#N)C(C(=O)C23CC4CC(CC(C4)C2)C3)C1c1ccccc1OCc1ccccc1Cl. The van der Waals surface area contributed by atoms with Crippen LogP contribution in [0.15, 0.2) is 48.5 Å². The fourth-order valence-corrected chi connectivity index (χ4v) is 8.05. The number of Topliss-reactive ketones (excluding diaryl/α,β-unsaturated/α-hetero) is 1. The molecule has 34 heavy (non-hydrogen) atoms. The second-order valence-corrected chi connectivity index (χ2v) is 11.4. The highest BCUT2D eigenvalue weighted by atomic mass is 35.5. The maximum absolute atomic E-state index is 14.2. The predicted molar refractivity (Wildman–Crippen MR) is 128 cm³/mol. The molecule has 0 saturated heterocycles. The van der Waals surface area contributed by atoms with Crippen molar-refractivity contribution in [1.82, 2.24) is 0 Å². The van der Waals surface area contributed by atoms with Crippen molar-refractivity contribution in [2.75, 3.05) is 0 Å². The Morgan fingerprint density at radius 1 is 0.941 bits per heavy atom. The van der Waals surface area contributed by atoms with Crippen LogP contribution < -0.4 is 4.74 Å². The summed E-state index contributed by atoms with van der Waals surface area (Å²) in [6.07, 6.45) is 6.58. The molecule has 0 radical (unpaired) electrons. The number of benzene rings is 2. The molecule has 172 valence electrons. The third kappa shape index (κ3) is 3.19. The van der Waals surface area contributed by atoms with Gasteiger partial charge in [-0.05, 0) is 68.4 Å². The molecule has 0 aromatic heterocycles. The van der Waals surface area contributed by atoms with Crippen molar-refractivity contribution in [3.05, 3.63) is 64.7 Å². The molecule has 7 rings (SSSR count). The van der Waals surface area contributed by atoms with Gasteiger partial charge in [-0.2, -0.15) is 10.5 Å². The summed E-state index contributed by atoms with van der Waals surface area (Å²) in [5, 5.41) is 20.9. The van der Waals surface area contributed by atoms with E-state index in [0.29, 0.717) is 28.5 Å². The van der Waals surface area contributed by atoms with Gasteiger partial charge in [0.2, 0.25) is 0 Å². The molecule has 2 unspecified atom stereocenters. The number of nitrogens with zero attached hydrogens (tertiary/aromatic N) is 2. The first-order chi connectivity index (χ1) is 16.5. The van der Waals surface area contributed by atoms with Crippen LogP contribution in [0.1, 0.15) is 55.6 Å². The molecule has 5 fully saturated rings. The van der Waals surface area contributed by atoms with Gasteiger partial charge in [0.15, 0.2) is 5.41 Å². The Bertz CT molecular complexity index is 1190. The quantitative estimate of drug-likeness (QED) is 0.486. The highest BCUT2D eigenvalue weighted by molar-refractivity contribution is 6.31. The number of halogens is 1. The van der Waals surface area contributed by atoms with E-state index in [1.54, 1.807) is 0 Å². The summed E-state index contributed by atoms with van der Waals surface area (Å²) in [7, 11) is 0. The lowest BCUT2D eigenvalue weighted by Crippen LogP contribution is -2.50. The lowest BCUT2D eigenvalue weighted by atomic mass is 9.48. The number of rotatable bonds is 6. The lowest BCUT2D eigenvalue weighted by Gasteiger charge is -2.56. The van der Waals surface area contributed by atoms with Gasteiger partial charge in [-0.3, -0.25) is 4.79 Å². The van der Waals surface area contributed by atoms with Crippen LogP contribution in [-0.4, -0.2) is 5.78 Å². The maximum Gasteiger partial charge on any atom is 0.161 e. The molecule has 0 spiro atoms. The lowest BCUT2D eigenvalue weighted by molar-refractivity contribution is -0.145. The van der Waals surface area contributed by atoms with Crippen LogP contribution in [-0.2, 0) is 11.4 Å². The average Bonchev–Trinajstić information content (AvgIpc) is 3.51. The number of ketones is 1. The predicted octanol–water partition coefficient (Wildman–Crippen LogP) is 6.45. The number of para-hydroxylation sites is 1. The first-order valence-electron chi connectivity index (χ1n) is 12.3. The van der Waals surface area contributed by atoms with Gasteiger partial charge in [0.05, 0.1) is 18.1 Å². The van der Waals surface area contributed by atoms with Crippen LogP contribution in [0.5, 0.6) is 5.75 Å². The summed E-state index contributed by atoms with van der Waals surface area (Å²) in [6, 6.07) is 19.6. The van der Waals surface area contributed by atoms with Crippen LogP contribution in [0.25, 0.3) is 0 Å². The number of ether oxygens (including phenoxy) is 1. The highest BCUT2D eigenvalue weighted by Gasteiger charge is 2.74. The summed E-state index contributed by atoms with van der Waals surface area (Å²) in [4.78, 5) is 14.2. The Morgan fingerprint density at radius 2 is 1.53 bits per heavy atom. The highest BCUT2D eigenvalue weighted by Crippen LogP contribution is 2.70. The van der Waals surface area contributed by atoms with Crippen molar-refractivity contribution in [3.8, 4) is 17.9 Å². The maximum atomic E-state index is 14.2. The molecule has 5 aliphatic carbocycles. The molecule has 2 aromatic rings. The van der Waals surface area contributed by atoms with Gasteiger partial charge in [-0.15, -0.1) is 0 Å². The van der Waals surface area contributed by atoms with Gasteiger partial charge in [-0.1, -0.05) is 48.0 Å². The van der Waals surface area contributed by atoms with Gasteiger partial charge in [-0.25, -0.2) is 0 Å². The van der Waals surface area contributed by atoms with E-state index in [4.69, 9.17) is 16.3 Å². The zero-order chi connectivity index (χ0) is 23.5. The molecular weight excluding hydrogens is 444 g/mol. The zero-order valence-electron chi connectivity index (χ0n) is 19.0. The molecule has 5 aliphatic rings. The Labute approximate surface area is 205 Å². The van der Waals surface area contributed by atoms with Crippen molar-refractivity contribution in [3.63, 3.8) is 0 Å². The van der Waals surface area contributed by atoms with Gasteiger partial charge in [0.25, 0.3) is 0 Å². The number of hydrogen-bond acceptors (Lipinski definition) is 4. The molecule has 2 aromatic carbocycles. The average molecular weight is 471 g/mol. The van der Waals surface area contributed by atoms with Crippen LogP contribution in [0, 0.1) is 57.2 Å². The van der Waals surface area contributed by atoms with Gasteiger partial charge < -0.3 is 4.74 Å². The Balaban J connectivity index is 1.31. The number of carbonyl (C=O) groups is 1. The monoisotopic (exact) mass is 470 g/mol. The van der Waals surface area contributed by atoms with Crippen molar-refractivity contribution < 1.29 is 9.53 Å². The van der Waals surface area contributed by atoms with E-state index in [9.17, 15) is 15.3 Å². The minimum Gasteiger partial charge on any atom is -0.489 e. The summed E-state index contributed by atoms with van der Waals surface area (Å²) in [5.41, 5.74) is -0.00591. The van der Waals surface area contributed by atoms with Gasteiger partial charge in [0, 0.05) is 27.5 Å². The van der Waals surface area contributed by atoms with E-state index in [-0.39, 0.29) is 17.8 Å². The zero-order valence-corrected chi connectivity index (χ0v) is 19.8. The Hall–Kier alpha value is -2.82. The Morgan fingerprint density at radius 3 is 2.15 bits per heavy atom. The van der Waals surface area contributed by atoms with E-state index in [2.05, 4.69) is 12.1 Å². The van der Waals surface area contributed by atoms with E-state index >= 15 is 0 Å². The molecule has 5 heteroatoms. The number of carbonyl (C=O) groups excluding carboxylic acids is 1. The Kier molecular flexibility index (Phi) is 5.02. The molecular formula is C29H27ClN2O2. The van der Waals surface area contributed by atoms with E-state index in [1.807, 2.05) is 48.5 Å². The molecule has 5 saturated carbocycles. The molecule has 4 nitrogen and oxygen atoms in total. The first kappa shape index (κ1) is 21.7. The fourth-order valence-electron chi connectivity index (χ4n) is 7.86. The van der Waals surface area contributed by atoms with E-state index in [1.165, 1.54) is 19.3 Å². The molecule has 0 N–H and O–H groups in total. The van der Waals surface area contributed by atoms with Crippen molar-refractivity contribution >= 4 is 17.4 Å². The minimum atomic E-state index is -1.32. The van der Waals surface area contributed by atoms with Gasteiger partial charge in [0.1, 0.15) is 18.1 Å². The van der Waals surface area contributed by atoms with Crippen molar-refractivity contribution in [2.45, 2.75) is 51.0 Å². The van der Waals surface area contributed by atoms with Crippen molar-refractivity contribution in [1.29, 1.82) is 10.5 Å². The van der Waals surface area contributed by atoms with Gasteiger partial charge >= 0.3 is 0 Å². The standard InChI is InChI=1S/C29H27ClN2O2/c30-23-7-3-1-5-21(23)15-34-24-8-4-2-6-22(24)25-26(29(25,16-31)17-32)27(33)28-12-18-9-19(13-28)11-20(10-18)14-28/h1-8,18-20,25-26H,9-15H2. The van der Waals surface area contributed by atoms with Crippen molar-refractivity contribution in [2.24, 2.45) is 34.5 Å². The summed E-state index contributed by atoms with van der Waals surface area (Å²) in [6.45, 7) is 0.281. The molecule has 0 aliphatic heterocycles. The molecule has 0 amide bonds. The van der Waals surface area contributed by atoms with E-state index in [0.717, 1.165) is 30.4 Å². The van der Waals surface area contributed by atoms with E-state index < -0.39 is 17.3 Å². The fraction of sp³-hybridized carbons (Fsp3) is 0.483. The number of nitriles is 2. The molecule has 4 bridgehead atoms. The minimum absolute atomic E-state index is 0.167. The largest absolute Gasteiger partial charge is 0.489 e. The smallest absolute Gasteiger partial charge is 0.161 e. The third-order valence-electron chi connectivity index (χ3n) is 9.01. The summed E-state index contributed by atoms with van der Waals surface area (Å²) >= 11 is 6.30. The van der Waals surface area contributed by atoms with Crippen LogP contribution in [0.4, 0.5) is 0 Å². The second-order valence-electron chi connectivity index (χ2n) is 11.0. The first-order valence-corrected chi connectivity index (χ1v) is 12.7. The summed E-state index contributed by atoms with van der Waals surface area (Å²) in [5.74, 6) is 1.66. The molecule has 0 heterocycles. The second kappa shape index (κ2) is 7.86. The van der Waals surface area contributed by atoms with Crippen LogP contribution >= 0.6 is 11.6 Å². The van der Waals surface area contributed by atoms with Crippen LogP contribution in [0.3, 0.4) is 0 Å². The number of hydrogen-bond donors (Lipinski definition) is 0. The van der Waals surface area contributed by atoms with Crippen LogP contribution in [0.2, 0.25) is 5.02 Å². The third-order valence-corrected chi connectivity index (χ3v) is 9.38. The summed E-state index contributed by atoms with van der Waals surface area (Å²) < 4.78 is 6.15. The molecule has 2 atom stereocenters.